The summed E-state index contributed by atoms with van der Waals surface area (Å²) in [4.78, 5) is 79.8. The Morgan fingerprint density at radius 1 is 1.00 bits per heavy atom. The number of ether oxygens (including phenoxy) is 1. The van der Waals surface area contributed by atoms with E-state index < -0.39 is 53.7 Å². The summed E-state index contributed by atoms with van der Waals surface area (Å²) in [5.41, 5.74) is 21.4. The number of aromatic hydroxyl groups is 1. The minimum Gasteiger partial charge on any atom is -0.507 e. The van der Waals surface area contributed by atoms with E-state index in [0.29, 0.717) is 28.3 Å². The summed E-state index contributed by atoms with van der Waals surface area (Å²) in [5, 5.41) is 30.8. The predicted molar refractivity (Wildman–Crippen MR) is 236 cm³/mol. The van der Waals surface area contributed by atoms with Gasteiger partial charge in [-0.1, -0.05) is 57.2 Å². The van der Waals surface area contributed by atoms with E-state index in [1.54, 1.807) is 37.3 Å². The highest BCUT2D eigenvalue weighted by molar-refractivity contribution is 6.02. The molecule has 4 unspecified atom stereocenters. The number of amides is 5. The lowest BCUT2D eigenvalue weighted by atomic mass is 9.86. The number of carbonyl (C=O) groups excluding carboxylic acids is 5. The van der Waals surface area contributed by atoms with Crippen molar-refractivity contribution in [2.75, 3.05) is 39.0 Å². The van der Waals surface area contributed by atoms with Gasteiger partial charge in [-0.25, -0.2) is 9.97 Å². The van der Waals surface area contributed by atoms with Crippen LogP contribution in [-0.2, 0) is 31.0 Å². The summed E-state index contributed by atoms with van der Waals surface area (Å²) in [6.45, 7) is 9.23. The van der Waals surface area contributed by atoms with E-state index in [2.05, 4.69) is 52.0 Å². The van der Waals surface area contributed by atoms with Crippen LogP contribution >= 0.6 is 0 Å². The van der Waals surface area contributed by atoms with E-state index in [-0.39, 0.29) is 78.4 Å². The lowest BCUT2D eigenvalue weighted by Gasteiger charge is -2.32. The fourth-order valence-corrected chi connectivity index (χ4v) is 7.20. The number of benzene rings is 3. The Kier molecular flexibility index (Phi) is 15.0. The lowest BCUT2D eigenvalue weighted by Crippen LogP contribution is -2.56. The molecule has 0 fully saturated rings. The van der Waals surface area contributed by atoms with Gasteiger partial charge in [-0.2, -0.15) is 5.26 Å². The first kappa shape index (κ1) is 47.0. The minimum absolute atomic E-state index is 0.0386. The Bertz CT molecular complexity index is 2390. The number of likely N-dealkylation sites (N-methyl/N-ethyl adjacent to an activating group) is 1. The molecule has 4 bridgehead atoms. The van der Waals surface area contributed by atoms with Gasteiger partial charge in [0.2, 0.25) is 23.6 Å². The topological polar surface area (TPSA) is 294 Å². The van der Waals surface area contributed by atoms with Crippen molar-refractivity contribution in [1.29, 1.82) is 5.26 Å². The first-order chi connectivity index (χ1) is 29.9. The number of anilines is 1. The van der Waals surface area contributed by atoms with Crippen molar-refractivity contribution >= 4 is 35.4 Å². The second-order valence-corrected chi connectivity index (χ2v) is 16.3. The molecule has 11 N–H and O–H groups in total. The predicted octanol–water partition coefficient (Wildman–Crippen LogP) is 1.87. The monoisotopic (exact) mass is 861 g/mol. The number of fused-ring (bicyclic) bond motifs is 5. The van der Waals surface area contributed by atoms with Crippen LogP contribution in [0, 0.1) is 18.3 Å². The fraction of sp³-hybridized carbons (Fsp3) is 0.378. The molecule has 1 aromatic heterocycles. The van der Waals surface area contributed by atoms with Crippen molar-refractivity contribution in [2.45, 2.75) is 77.0 Å². The van der Waals surface area contributed by atoms with Crippen LogP contribution in [-0.4, -0.2) is 101 Å². The Labute approximate surface area is 366 Å². The number of aryl methyl sites for hydroxylation is 1. The number of carbonyl (C=O) groups is 5. The number of hydrogen-bond donors (Lipinski definition) is 8. The van der Waals surface area contributed by atoms with Gasteiger partial charge in [-0.05, 0) is 73.2 Å². The van der Waals surface area contributed by atoms with E-state index in [1.165, 1.54) is 20.0 Å². The summed E-state index contributed by atoms with van der Waals surface area (Å²) in [6, 6.07) is 13.7. The third-order valence-corrected chi connectivity index (χ3v) is 10.6. The second-order valence-electron chi connectivity index (χ2n) is 16.3. The molecule has 332 valence electrons. The van der Waals surface area contributed by atoms with Crippen LogP contribution in [0.4, 0.5) is 5.82 Å². The quantitative estimate of drug-likeness (QED) is 0.0946. The van der Waals surface area contributed by atoms with Crippen LogP contribution in [0.5, 0.6) is 11.5 Å². The first-order valence-electron chi connectivity index (χ1n) is 20.5. The van der Waals surface area contributed by atoms with Crippen LogP contribution in [0.3, 0.4) is 0 Å². The number of rotatable bonds is 12. The molecule has 5 amide bonds. The highest BCUT2D eigenvalue weighted by atomic mass is 16.5. The Morgan fingerprint density at radius 2 is 1.71 bits per heavy atom. The molecule has 0 saturated carbocycles. The van der Waals surface area contributed by atoms with Crippen molar-refractivity contribution in [3.8, 4) is 40.1 Å². The summed E-state index contributed by atoms with van der Waals surface area (Å²) in [7, 11) is 1.37. The molecule has 63 heavy (non-hydrogen) atoms. The molecule has 0 spiro atoms. The van der Waals surface area contributed by atoms with Gasteiger partial charge in [-0.3, -0.25) is 24.0 Å². The maximum absolute atomic E-state index is 14.6. The standard InChI is InChI=1S/C45H55N11O7/c1-24-36(38(49)55-39(51-24)27-8-11-29(12-9-27)45(3,4)5)42(60)53-32(15-16-46)44(62)56(6)37-28-10-14-35(63-20-18-48)31(23-28)30-21-26(7-13-34(30)57)22-33(41(59)50-19-17-47)54-40(58)25(2)52-43(37)61/h7-14,21,23,25,32-33,37,57H,15-16,18-20,22,46,48H2,1-6H3,(H,50,59)(H,52,61)(H,53,60)(H,54,58)(H2,49,51,55). The normalized spacial score (nSPS) is 16.9. The lowest BCUT2D eigenvalue weighted by molar-refractivity contribution is -0.141. The smallest absolute Gasteiger partial charge is 0.257 e. The zero-order valence-corrected chi connectivity index (χ0v) is 36.2. The summed E-state index contributed by atoms with van der Waals surface area (Å²) in [5.74, 6) is -3.32. The van der Waals surface area contributed by atoms with Gasteiger partial charge >= 0.3 is 0 Å². The van der Waals surface area contributed by atoms with Crippen LogP contribution < -0.4 is 43.2 Å². The van der Waals surface area contributed by atoms with E-state index in [0.717, 1.165) is 10.5 Å². The van der Waals surface area contributed by atoms with E-state index >= 15 is 0 Å². The summed E-state index contributed by atoms with van der Waals surface area (Å²) >= 11 is 0. The van der Waals surface area contributed by atoms with Gasteiger partial charge in [0, 0.05) is 36.7 Å². The zero-order chi connectivity index (χ0) is 46.2. The molecule has 5 rings (SSSR count). The van der Waals surface area contributed by atoms with E-state index in [9.17, 15) is 29.1 Å². The number of nitrogens with two attached hydrogens (primary N) is 3. The first-order valence-corrected chi connectivity index (χ1v) is 20.5. The largest absolute Gasteiger partial charge is 0.507 e. The van der Waals surface area contributed by atoms with Gasteiger partial charge in [0.05, 0.1) is 11.8 Å². The Hall–Kier alpha value is -7.10. The fourth-order valence-electron chi connectivity index (χ4n) is 7.20. The molecule has 0 aliphatic carbocycles. The highest BCUT2D eigenvalue weighted by Crippen LogP contribution is 2.39. The molecule has 2 heterocycles. The summed E-state index contributed by atoms with van der Waals surface area (Å²) in [6.07, 6.45) is -0.0935. The number of hydrogen-bond acceptors (Lipinski definition) is 13. The average Bonchev–Trinajstić information content (AvgIpc) is 3.24. The van der Waals surface area contributed by atoms with E-state index in [4.69, 9.17) is 27.2 Å². The minimum atomic E-state index is -1.45. The molecule has 1 aliphatic rings. The van der Waals surface area contributed by atoms with Crippen LogP contribution in [0.25, 0.3) is 22.5 Å². The zero-order valence-electron chi connectivity index (χ0n) is 36.2. The Morgan fingerprint density at radius 3 is 2.35 bits per heavy atom. The molecule has 3 aromatic carbocycles. The van der Waals surface area contributed by atoms with Crippen molar-refractivity contribution in [1.82, 2.24) is 36.1 Å². The van der Waals surface area contributed by atoms with E-state index in [1.807, 2.05) is 30.3 Å². The number of nitrogens with one attached hydrogen (secondary N) is 4. The third-order valence-electron chi connectivity index (χ3n) is 10.6. The molecule has 0 radical (unpaired) electrons. The third kappa shape index (κ3) is 11.1. The van der Waals surface area contributed by atoms with Gasteiger partial charge in [0.1, 0.15) is 60.2 Å². The number of phenols is 1. The average molecular weight is 862 g/mol. The SMILES string of the molecule is Cc1nc(-c2ccc(C(C)(C)C)cc2)nc(N)c1C(=O)NC(CCN)C(=O)N(C)C1C(=O)NC(C)C(=O)NC(C(=O)NCC#N)Cc2ccc(O)c(c2)-c2cc1ccc2OCCN. The number of nitrogen functional groups attached to an aromatic ring is 1. The molecule has 18 nitrogen and oxygen atoms in total. The molecule has 18 heteroatoms. The molecule has 4 aromatic rings. The highest BCUT2D eigenvalue weighted by Gasteiger charge is 2.36. The molecule has 4 atom stereocenters. The maximum Gasteiger partial charge on any atom is 0.257 e. The maximum atomic E-state index is 14.6. The number of nitriles is 1. The van der Waals surface area contributed by atoms with Crippen molar-refractivity contribution in [3.63, 3.8) is 0 Å². The number of nitrogens with zero attached hydrogens (tertiary/aromatic N) is 4. The van der Waals surface area contributed by atoms with Crippen LogP contribution in [0.15, 0.2) is 60.7 Å². The van der Waals surface area contributed by atoms with Gasteiger partial charge in [-0.15, -0.1) is 0 Å². The van der Waals surface area contributed by atoms with Gasteiger partial charge < -0.3 is 53.2 Å². The van der Waals surface area contributed by atoms with Crippen molar-refractivity contribution in [3.05, 3.63) is 88.6 Å². The number of phenolic OH excluding ortho intramolecular Hbond substituents is 1. The molecule has 1 aliphatic heterocycles. The van der Waals surface area contributed by atoms with Crippen LogP contribution in [0.1, 0.15) is 72.9 Å². The Balaban J connectivity index is 1.53. The van der Waals surface area contributed by atoms with Crippen molar-refractivity contribution in [2.24, 2.45) is 11.5 Å². The summed E-state index contributed by atoms with van der Waals surface area (Å²) < 4.78 is 5.97. The molecular weight excluding hydrogens is 807 g/mol. The molecule has 0 saturated heterocycles. The van der Waals surface area contributed by atoms with Gasteiger partial charge in [0.25, 0.3) is 5.91 Å². The molecular formula is C45H55N11O7. The van der Waals surface area contributed by atoms with Crippen molar-refractivity contribution < 1.29 is 33.8 Å². The van der Waals surface area contributed by atoms with Crippen LogP contribution in [0.2, 0.25) is 0 Å². The van der Waals surface area contributed by atoms with Gasteiger partial charge in [0.15, 0.2) is 5.82 Å². The second kappa shape index (κ2) is 20.2. The number of aromatic nitrogens is 2.